The number of anilines is 1. The highest BCUT2D eigenvalue weighted by atomic mass is 35.5. The molecule has 0 saturated heterocycles. The van der Waals surface area contributed by atoms with Crippen LogP contribution in [-0.4, -0.2) is 42.9 Å². The molecule has 32 heavy (non-hydrogen) atoms. The summed E-state index contributed by atoms with van der Waals surface area (Å²) in [6.07, 6.45) is -3.14. The second-order valence-corrected chi connectivity index (χ2v) is 6.95. The number of ether oxygens (including phenoxy) is 1. The van der Waals surface area contributed by atoms with E-state index in [-0.39, 0.29) is 23.9 Å². The minimum absolute atomic E-state index is 0.0457. The predicted octanol–water partition coefficient (Wildman–Crippen LogP) is 3.59. The van der Waals surface area contributed by atoms with E-state index in [1.807, 2.05) is 0 Å². The Morgan fingerprint density at radius 1 is 1.44 bits per heavy atom. The van der Waals surface area contributed by atoms with Crippen molar-refractivity contribution >= 4 is 29.9 Å². The van der Waals surface area contributed by atoms with Gasteiger partial charge in [0.05, 0.1) is 35.8 Å². The molecule has 1 aliphatic rings. The molecule has 0 saturated carbocycles. The molecule has 166 valence electrons. The maximum Gasteiger partial charge on any atom is 0.421 e. The number of nitrogens with zero attached hydrogens (tertiary/aromatic N) is 5. The molecule has 0 amide bonds. The lowest BCUT2D eigenvalue weighted by Gasteiger charge is -2.31. The topological polar surface area (TPSA) is 107 Å². The van der Waals surface area contributed by atoms with Gasteiger partial charge < -0.3 is 9.64 Å². The van der Waals surface area contributed by atoms with Crippen LogP contribution in [0.2, 0.25) is 5.02 Å². The van der Waals surface area contributed by atoms with Gasteiger partial charge in [0.1, 0.15) is 16.3 Å². The van der Waals surface area contributed by atoms with Gasteiger partial charge >= 0.3 is 6.18 Å². The van der Waals surface area contributed by atoms with E-state index in [9.17, 15) is 18.0 Å². The van der Waals surface area contributed by atoms with Crippen LogP contribution in [0.3, 0.4) is 0 Å². The van der Waals surface area contributed by atoms with Crippen LogP contribution >= 0.6 is 11.6 Å². The van der Waals surface area contributed by atoms with Gasteiger partial charge in [0.2, 0.25) is 5.90 Å². The first-order chi connectivity index (χ1) is 15.2. The van der Waals surface area contributed by atoms with E-state index >= 15 is 0 Å². The van der Waals surface area contributed by atoms with Crippen molar-refractivity contribution in [2.45, 2.75) is 12.6 Å². The van der Waals surface area contributed by atoms with Crippen molar-refractivity contribution in [3.63, 3.8) is 0 Å². The zero-order valence-electron chi connectivity index (χ0n) is 16.7. The maximum atomic E-state index is 13.6. The summed E-state index contributed by atoms with van der Waals surface area (Å²) in [5.41, 5.74) is -1.08. The third-order valence-corrected chi connectivity index (χ3v) is 5.09. The quantitative estimate of drug-likeness (QED) is 0.549. The lowest BCUT2D eigenvalue weighted by Crippen LogP contribution is -2.35. The van der Waals surface area contributed by atoms with Crippen molar-refractivity contribution in [1.82, 2.24) is 10.2 Å². The van der Waals surface area contributed by atoms with E-state index in [4.69, 9.17) is 21.6 Å². The van der Waals surface area contributed by atoms with Crippen molar-refractivity contribution < 1.29 is 17.9 Å². The fraction of sp³-hybridized carbons (Fsp3) is 0.250. The highest BCUT2D eigenvalue weighted by Crippen LogP contribution is 2.39. The monoisotopic (exact) mass is 464 g/mol. The summed E-state index contributed by atoms with van der Waals surface area (Å²) in [5, 5.41) is 15.0. The standard InChI is InChI=1S/C20H16ClF3N6O2/c1-26-13-10-30(14-9-28-29-18(31)17(14)21)7-6-12(13)19(27-2)32-15-5-3-4-11(8-25)16(15)20(22,23)24/h3-5,9H,1,6-7,10H2,2H3,(H,29,31)/b27-19+. The molecule has 0 atom stereocenters. The van der Waals surface area contributed by atoms with Crippen LogP contribution in [0.25, 0.3) is 0 Å². The number of aromatic nitrogens is 2. The number of rotatable bonds is 4. The fourth-order valence-electron chi connectivity index (χ4n) is 3.27. The molecular formula is C20H16ClF3N6O2. The molecule has 0 fully saturated rings. The van der Waals surface area contributed by atoms with E-state index in [0.717, 1.165) is 12.1 Å². The minimum atomic E-state index is -4.80. The van der Waals surface area contributed by atoms with E-state index in [0.29, 0.717) is 23.5 Å². The highest BCUT2D eigenvalue weighted by molar-refractivity contribution is 6.33. The first-order valence-corrected chi connectivity index (χ1v) is 9.51. The van der Waals surface area contributed by atoms with Crippen LogP contribution in [0.15, 0.2) is 50.4 Å². The van der Waals surface area contributed by atoms with E-state index < -0.39 is 28.6 Å². The van der Waals surface area contributed by atoms with E-state index in [1.165, 1.54) is 25.4 Å². The van der Waals surface area contributed by atoms with Gasteiger partial charge in [-0.1, -0.05) is 17.7 Å². The Hall–Kier alpha value is -3.65. The third kappa shape index (κ3) is 4.50. The van der Waals surface area contributed by atoms with Crippen molar-refractivity contribution in [1.29, 1.82) is 5.26 Å². The van der Waals surface area contributed by atoms with Crippen LogP contribution in [-0.2, 0) is 6.18 Å². The number of aromatic amines is 1. The van der Waals surface area contributed by atoms with Gasteiger partial charge in [0.25, 0.3) is 5.56 Å². The second-order valence-electron chi connectivity index (χ2n) is 6.57. The molecule has 0 aliphatic carbocycles. The fourth-order valence-corrected chi connectivity index (χ4v) is 3.48. The Balaban J connectivity index is 1.98. The molecule has 2 heterocycles. The Morgan fingerprint density at radius 2 is 2.19 bits per heavy atom. The Labute approximate surface area is 185 Å². The molecule has 1 aromatic heterocycles. The molecule has 8 nitrogen and oxygen atoms in total. The largest absolute Gasteiger partial charge is 0.438 e. The summed E-state index contributed by atoms with van der Waals surface area (Å²) in [7, 11) is 1.37. The molecule has 0 unspecified atom stereocenters. The molecule has 0 radical (unpaired) electrons. The average Bonchev–Trinajstić information content (AvgIpc) is 2.78. The number of nitrogens with one attached hydrogen (secondary N) is 1. The second kappa shape index (κ2) is 9.23. The van der Waals surface area contributed by atoms with Gasteiger partial charge in [-0.05, 0) is 25.3 Å². The number of benzene rings is 1. The summed E-state index contributed by atoms with van der Waals surface area (Å²) < 4.78 is 46.3. The lowest BCUT2D eigenvalue weighted by atomic mass is 10.0. The summed E-state index contributed by atoms with van der Waals surface area (Å²) in [6, 6.07) is 5.01. The highest BCUT2D eigenvalue weighted by Gasteiger charge is 2.38. The number of aliphatic imine (C=N–C) groups is 2. The lowest BCUT2D eigenvalue weighted by molar-refractivity contribution is -0.138. The number of hydrogen-bond acceptors (Lipinski definition) is 7. The average molecular weight is 465 g/mol. The number of H-pyrrole nitrogens is 1. The van der Waals surface area contributed by atoms with E-state index in [1.54, 1.807) is 4.90 Å². The summed E-state index contributed by atoms with van der Waals surface area (Å²) >= 11 is 6.07. The number of alkyl halides is 3. The Morgan fingerprint density at radius 3 is 2.81 bits per heavy atom. The number of nitriles is 1. The summed E-state index contributed by atoms with van der Waals surface area (Å²) in [6.45, 7) is 4.01. The van der Waals surface area contributed by atoms with Gasteiger partial charge in [-0.15, -0.1) is 0 Å². The molecule has 1 N–H and O–H groups in total. The zero-order chi connectivity index (χ0) is 23.5. The van der Waals surface area contributed by atoms with Gasteiger partial charge in [0, 0.05) is 19.2 Å². The van der Waals surface area contributed by atoms with Crippen LogP contribution in [0, 0.1) is 11.3 Å². The number of halogens is 4. The number of hydrogen-bond donors (Lipinski definition) is 1. The normalized spacial score (nSPS) is 14.9. The van der Waals surface area contributed by atoms with E-state index in [2.05, 4.69) is 26.9 Å². The molecule has 12 heteroatoms. The first kappa shape index (κ1) is 23.0. The summed E-state index contributed by atoms with van der Waals surface area (Å²) in [4.78, 5) is 21.5. The smallest absolute Gasteiger partial charge is 0.421 e. The Bertz CT molecular complexity index is 1210. The third-order valence-electron chi connectivity index (χ3n) is 4.73. The van der Waals surface area contributed by atoms with Gasteiger partial charge in [-0.25, -0.2) is 5.10 Å². The van der Waals surface area contributed by atoms with Crippen LogP contribution < -0.4 is 15.2 Å². The van der Waals surface area contributed by atoms with Crippen molar-refractivity contribution in [2.24, 2.45) is 9.98 Å². The minimum Gasteiger partial charge on any atom is -0.438 e. The first-order valence-electron chi connectivity index (χ1n) is 9.13. The zero-order valence-corrected chi connectivity index (χ0v) is 17.5. The molecule has 1 aromatic carbocycles. The molecule has 2 aromatic rings. The Kier molecular flexibility index (Phi) is 6.64. The SMILES string of the molecule is C=NC1=C(/C(=N\C)Oc2cccc(C#N)c2C(F)(F)F)CCN(c2cn[nH]c(=O)c2Cl)C1. The maximum absolute atomic E-state index is 13.6. The summed E-state index contributed by atoms with van der Waals surface area (Å²) in [5.74, 6) is -0.625. The molecule has 0 spiro atoms. The molecule has 3 rings (SSSR count). The molecular weight excluding hydrogens is 449 g/mol. The predicted molar refractivity (Wildman–Crippen MR) is 113 cm³/mol. The molecule has 1 aliphatic heterocycles. The van der Waals surface area contributed by atoms with Crippen molar-refractivity contribution in [2.75, 3.05) is 25.0 Å². The van der Waals surface area contributed by atoms with Gasteiger partial charge in [-0.3, -0.25) is 14.8 Å². The van der Waals surface area contributed by atoms with Crippen LogP contribution in [0.1, 0.15) is 17.5 Å². The van der Waals surface area contributed by atoms with Gasteiger partial charge in [0.15, 0.2) is 0 Å². The van der Waals surface area contributed by atoms with Crippen molar-refractivity contribution in [3.05, 3.63) is 62.2 Å². The van der Waals surface area contributed by atoms with Crippen LogP contribution in [0.4, 0.5) is 18.9 Å². The van der Waals surface area contributed by atoms with Gasteiger partial charge in [-0.2, -0.15) is 23.5 Å². The van der Waals surface area contributed by atoms with Crippen molar-refractivity contribution in [3.8, 4) is 11.8 Å². The van der Waals surface area contributed by atoms with Crippen LogP contribution in [0.5, 0.6) is 5.75 Å². The molecule has 0 bridgehead atoms.